The van der Waals surface area contributed by atoms with Crippen molar-refractivity contribution in [2.24, 2.45) is 0 Å². The fraction of sp³-hybridized carbons (Fsp3) is 0.543. The third-order valence-electron chi connectivity index (χ3n) is 9.26. The van der Waals surface area contributed by atoms with Gasteiger partial charge in [-0.2, -0.15) is 0 Å². The Balaban J connectivity index is 1.50. The molecule has 0 unspecified atom stereocenters. The van der Waals surface area contributed by atoms with Crippen LogP contribution in [0.5, 0.6) is 0 Å². The van der Waals surface area contributed by atoms with Gasteiger partial charge in [0.1, 0.15) is 5.82 Å². The number of nitrogens with one attached hydrogen (secondary N) is 2. The fourth-order valence-electron chi connectivity index (χ4n) is 6.87. The number of fused-ring (bicyclic) bond motifs is 1. The van der Waals surface area contributed by atoms with Crippen molar-refractivity contribution in [3.05, 3.63) is 63.2 Å². The Hall–Kier alpha value is -3.34. The number of aryl methyl sites for hydroxylation is 2. The number of rotatable bonds is 8. The largest absolute Gasteiger partial charge is 0.368 e. The van der Waals surface area contributed by atoms with Gasteiger partial charge in [0.2, 0.25) is 0 Å². The van der Waals surface area contributed by atoms with E-state index in [2.05, 4.69) is 76.1 Å². The zero-order valence-electron chi connectivity index (χ0n) is 26.2. The van der Waals surface area contributed by atoms with Crippen LogP contribution in [0.1, 0.15) is 74.3 Å². The van der Waals surface area contributed by atoms with Gasteiger partial charge in [0.25, 0.3) is 5.56 Å². The lowest BCUT2D eigenvalue weighted by Crippen LogP contribution is -2.42. The predicted octanol–water partition coefficient (Wildman–Crippen LogP) is 5.69. The molecule has 1 aliphatic carbocycles. The number of pyridine rings is 2. The van der Waals surface area contributed by atoms with Gasteiger partial charge in [-0.15, -0.1) is 0 Å². The summed E-state index contributed by atoms with van der Waals surface area (Å²) in [6, 6.07) is 9.80. The smallest absolute Gasteiger partial charge is 0.253 e. The van der Waals surface area contributed by atoms with Crippen LogP contribution in [0.15, 0.2) is 35.3 Å². The molecule has 3 heterocycles. The number of aromatic nitrogens is 2. The molecule has 0 atom stereocenters. The second kappa shape index (κ2) is 13.8. The highest BCUT2D eigenvalue weighted by Gasteiger charge is 2.27. The number of hydrogen-bond donors (Lipinski definition) is 2. The third kappa shape index (κ3) is 6.99. The highest BCUT2D eigenvalue weighted by atomic mass is 16.1. The molecule has 2 aromatic heterocycles. The Morgan fingerprint density at radius 1 is 1.02 bits per heavy atom. The molecule has 1 saturated heterocycles. The molecule has 2 fully saturated rings. The number of aromatic amines is 1. The molecular weight excluding hydrogens is 520 g/mol. The molecule has 1 aliphatic heterocycles. The highest BCUT2D eigenvalue weighted by molar-refractivity contribution is 6.01. The van der Waals surface area contributed by atoms with Gasteiger partial charge in [0.15, 0.2) is 0 Å². The number of anilines is 2. The minimum absolute atomic E-state index is 0.0457. The minimum Gasteiger partial charge on any atom is -0.368 e. The highest BCUT2D eigenvalue weighted by Crippen LogP contribution is 2.36. The zero-order valence-corrected chi connectivity index (χ0v) is 26.2. The zero-order chi connectivity index (χ0) is 29.6. The summed E-state index contributed by atoms with van der Waals surface area (Å²) in [5, 5.41) is 5.75. The lowest BCUT2D eigenvalue weighted by molar-refractivity contribution is 0.214. The van der Waals surface area contributed by atoms with E-state index in [0.717, 1.165) is 59.8 Å². The molecule has 2 aliphatic rings. The van der Waals surface area contributed by atoms with Gasteiger partial charge < -0.3 is 20.1 Å². The van der Waals surface area contributed by atoms with Crippen molar-refractivity contribution in [1.29, 1.82) is 0 Å². The summed E-state index contributed by atoms with van der Waals surface area (Å²) in [4.78, 5) is 27.9. The third-order valence-corrected chi connectivity index (χ3v) is 9.26. The number of H-pyrrole nitrogens is 1. The van der Waals surface area contributed by atoms with Crippen LogP contribution in [-0.4, -0.2) is 72.1 Å². The van der Waals surface area contributed by atoms with E-state index in [-0.39, 0.29) is 5.56 Å². The van der Waals surface area contributed by atoms with Crippen molar-refractivity contribution < 1.29 is 0 Å². The molecule has 0 bridgehead atoms. The van der Waals surface area contributed by atoms with E-state index in [0.29, 0.717) is 18.6 Å². The second-order valence-corrected chi connectivity index (χ2v) is 12.4. The molecule has 1 saturated carbocycles. The summed E-state index contributed by atoms with van der Waals surface area (Å²) >= 11 is 0. The molecule has 0 radical (unpaired) electrons. The minimum atomic E-state index is -0.0457. The van der Waals surface area contributed by atoms with E-state index in [1.807, 2.05) is 26.1 Å². The van der Waals surface area contributed by atoms with Crippen molar-refractivity contribution in [3.63, 3.8) is 0 Å². The first-order valence-corrected chi connectivity index (χ1v) is 15.8. The summed E-state index contributed by atoms with van der Waals surface area (Å²) in [5.74, 6) is 7.79. The molecule has 2 N–H and O–H groups in total. The lowest BCUT2D eigenvalue weighted by atomic mass is 9.89. The molecule has 3 aromatic rings. The summed E-state index contributed by atoms with van der Waals surface area (Å²) in [6.45, 7) is 10.6. The monoisotopic (exact) mass is 568 g/mol. The molecular formula is C35H48N6O. The summed E-state index contributed by atoms with van der Waals surface area (Å²) in [6.07, 6.45) is 10.6. The van der Waals surface area contributed by atoms with Gasteiger partial charge in [0, 0.05) is 64.7 Å². The number of benzene rings is 1. The van der Waals surface area contributed by atoms with E-state index in [1.165, 1.54) is 56.0 Å². The molecule has 0 spiro atoms. The van der Waals surface area contributed by atoms with E-state index in [9.17, 15) is 4.79 Å². The summed E-state index contributed by atoms with van der Waals surface area (Å²) in [5.41, 5.74) is 4.82. The van der Waals surface area contributed by atoms with Gasteiger partial charge in [-0.25, -0.2) is 4.98 Å². The Kier molecular flexibility index (Phi) is 9.87. The van der Waals surface area contributed by atoms with Crippen LogP contribution in [-0.2, 0) is 6.54 Å². The van der Waals surface area contributed by atoms with Crippen LogP contribution in [0.4, 0.5) is 11.5 Å². The molecule has 42 heavy (non-hydrogen) atoms. The van der Waals surface area contributed by atoms with Gasteiger partial charge in [0.05, 0.1) is 6.54 Å². The van der Waals surface area contributed by atoms with Crippen LogP contribution >= 0.6 is 0 Å². The maximum absolute atomic E-state index is 12.7. The standard InChI is InChI=1S/C35H48N6O/c1-6-41(29-14-12-28(13-15-29)39(4)5)33-23-27(11-10-20-40-18-8-7-9-19-40)22-31-30(33)16-17-36-34(31)37-24-32-25(2)21-26(3)38-35(32)42/h16-17,21-23,28-29H,6-9,12-15,18-20,24H2,1-5H3,(H,36,37)(H,38,42). The van der Waals surface area contributed by atoms with E-state index >= 15 is 0 Å². The first-order chi connectivity index (χ1) is 20.3. The number of piperidine rings is 1. The lowest BCUT2D eigenvalue weighted by Gasteiger charge is -2.40. The summed E-state index contributed by atoms with van der Waals surface area (Å²) in [7, 11) is 4.41. The van der Waals surface area contributed by atoms with E-state index < -0.39 is 0 Å². The Morgan fingerprint density at radius 3 is 2.45 bits per heavy atom. The average Bonchev–Trinajstić information content (AvgIpc) is 2.98. The van der Waals surface area contributed by atoms with Gasteiger partial charge >= 0.3 is 0 Å². The fourth-order valence-corrected chi connectivity index (χ4v) is 6.87. The topological polar surface area (TPSA) is 67.5 Å². The SMILES string of the molecule is CCN(c1cc(C#CCN2CCCCC2)cc2c(NCc3c(C)cc(C)[nH]c3=O)nccc12)C1CCC(N(C)C)CC1. The van der Waals surface area contributed by atoms with E-state index in [1.54, 1.807) is 0 Å². The van der Waals surface area contributed by atoms with Crippen LogP contribution in [0.2, 0.25) is 0 Å². The summed E-state index contributed by atoms with van der Waals surface area (Å²) < 4.78 is 0. The van der Waals surface area contributed by atoms with Crippen molar-refractivity contribution >= 4 is 22.3 Å². The molecule has 7 nitrogen and oxygen atoms in total. The van der Waals surface area contributed by atoms with Crippen LogP contribution in [0, 0.1) is 25.7 Å². The maximum Gasteiger partial charge on any atom is 0.253 e. The second-order valence-electron chi connectivity index (χ2n) is 12.4. The molecule has 0 amide bonds. The Bertz CT molecular complexity index is 1490. The predicted molar refractivity (Wildman–Crippen MR) is 176 cm³/mol. The number of nitrogens with zero attached hydrogens (tertiary/aromatic N) is 4. The molecule has 1 aromatic carbocycles. The Morgan fingerprint density at radius 2 is 1.76 bits per heavy atom. The maximum atomic E-state index is 12.7. The normalized spacial score (nSPS) is 19.5. The van der Waals surface area contributed by atoms with Crippen LogP contribution in [0.25, 0.3) is 10.8 Å². The van der Waals surface area contributed by atoms with Gasteiger partial charge in [-0.1, -0.05) is 18.3 Å². The van der Waals surface area contributed by atoms with Crippen LogP contribution in [0.3, 0.4) is 0 Å². The van der Waals surface area contributed by atoms with Crippen molar-refractivity contribution in [3.8, 4) is 11.8 Å². The van der Waals surface area contributed by atoms with Gasteiger partial charge in [-0.3, -0.25) is 9.69 Å². The molecule has 224 valence electrons. The van der Waals surface area contributed by atoms with Gasteiger partial charge in [-0.05, 0) is 116 Å². The number of hydrogen-bond acceptors (Lipinski definition) is 6. The van der Waals surface area contributed by atoms with Crippen molar-refractivity contribution in [1.82, 2.24) is 19.8 Å². The Labute approximate surface area is 251 Å². The number of likely N-dealkylation sites (tertiary alicyclic amines) is 1. The van der Waals surface area contributed by atoms with Crippen molar-refractivity contribution in [2.45, 2.75) is 84.3 Å². The van der Waals surface area contributed by atoms with Crippen molar-refractivity contribution in [2.75, 3.05) is 50.5 Å². The first-order valence-electron chi connectivity index (χ1n) is 15.8. The molecule has 7 heteroatoms. The molecule has 5 rings (SSSR count). The quantitative estimate of drug-likeness (QED) is 0.341. The first kappa shape index (κ1) is 30.1. The van der Waals surface area contributed by atoms with Crippen LogP contribution < -0.4 is 15.8 Å². The van der Waals surface area contributed by atoms with E-state index in [4.69, 9.17) is 4.98 Å². The average molecular weight is 569 g/mol.